The van der Waals surface area contributed by atoms with Gasteiger partial charge in [0.15, 0.2) is 5.82 Å². The number of aromatic nitrogens is 3. The maximum absolute atomic E-state index is 14.0. The number of thiazole rings is 1. The molecule has 1 N–H and O–H groups in total. The molecule has 0 aliphatic carbocycles. The topological polar surface area (TPSA) is 89.5 Å². The summed E-state index contributed by atoms with van der Waals surface area (Å²) < 4.78 is 20.9. The smallest absolute Gasteiger partial charge is 0.349 e. The zero-order valence-electron chi connectivity index (χ0n) is 16.0. The molecule has 9 heteroatoms. The number of nitrogens with zero attached hydrogens (tertiary/aromatic N) is 3. The van der Waals surface area contributed by atoms with E-state index >= 15 is 0 Å². The van der Waals surface area contributed by atoms with Crippen molar-refractivity contribution >= 4 is 33.2 Å². The fourth-order valence-corrected chi connectivity index (χ4v) is 4.13. The first-order valence-electron chi connectivity index (χ1n) is 9.49. The lowest BCUT2D eigenvalue weighted by molar-refractivity contribution is 0.0950. The largest absolute Gasteiger partial charge is 0.422 e. The van der Waals surface area contributed by atoms with Crippen LogP contribution in [0.1, 0.15) is 16.1 Å². The molecule has 0 unspecified atom stereocenters. The van der Waals surface area contributed by atoms with E-state index < -0.39 is 11.5 Å². The predicted molar refractivity (Wildman–Crippen MR) is 115 cm³/mol. The molecule has 154 valence electrons. The minimum absolute atomic E-state index is 0.0447. The fourth-order valence-electron chi connectivity index (χ4n) is 3.27. The molecule has 3 heterocycles. The summed E-state index contributed by atoms with van der Waals surface area (Å²) >= 11 is 1.38. The van der Waals surface area contributed by atoms with Crippen LogP contribution in [-0.4, -0.2) is 27.0 Å². The lowest BCUT2D eigenvalue weighted by atomic mass is 10.2. The number of carbonyl (C=O) groups is 1. The van der Waals surface area contributed by atoms with E-state index in [1.165, 1.54) is 23.5 Å². The molecular weight excluding hydrogens is 419 g/mol. The third kappa shape index (κ3) is 3.59. The Labute approximate surface area is 178 Å². The minimum Gasteiger partial charge on any atom is -0.422 e. The number of rotatable bonds is 5. The highest BCUT2D eigenvalue weighted by Gasteiger charge is 2.16. The molecule has 0 fully saturated rings. The molecule has 7 nitrogen and oxygen atoms in total. The van der Waals surface area contributed by atoms with Crippen molar-refractivity contribution in [2.24, 2.45) is 0 Å². The summed E-state index contributed by atoms with van der Waals surface area (Å²) in [6.07, 6.45) is 0.463. The van der Waals surface area contributed by atoms with Crippen molar-refractivity contribution in [3.63, 3.8) is 0 Å². The summed E-state index contributed by atoms with van der Waals surface area (Å²) in [6.45, 7) is 0.284. The quantitative estimate of drug-likeness (QED) is 0.426. The zero-order valence-corrected chi connectivity index (χ0v) is 16.9. The lowest BCUT2D eigenvalue weighted by Crippen LogP contribution is -2.30. The van der Waals surface area contributed by atoms with Gasteiger partial charge in [-0.25, -0.2) is 13.7 Å². The average Bonchev–Trinajstić information content (AvgIpc) is 3.35. The second-order valence-corrected chi connectivity index (χ2v) is 7.66. The molecule has 0 atom stereocenters. The molecule has 0 radical (unpaired) electrons. The highest BCUT2D eigenvalue weighted by Crippen LogP contribution is 2.23. The Morgan fingerprint density at radius 2 is 1.97 bits per heavy atom. The molecule has 5 rings (SSSR count). The molecule has 0 saturated heterocycles. The summed E-state index contributed by atoms with van der Waals surface area (Å²) in [4.78, 5) is 29.6. The van der Waals surface area contributed by atoms with Gasteiger partial charge in [-0.05, 0) is 24.3 Å². The fraction of sp³-hybridized carbons (Fsp3) is 0.0909. The van der Waals surface area contributed by atoms with Gasteiger partial charge in [0, 0.05) is 23.7 Å². The number of halogens is 1. The maximum atomic E-state index is 14.0. The minimum atomic E-state index is -0.681. The van der Waals surface area contributed by atoms with Crippen LogP contribution in [-0.2, 0) is 6.42 Å². The number of hydrogen-bond donors (Lipinski definition) is 1. The Balaban J connectivity index is 1.31. The molecule has 0 aliphatic heterocycles. The number of fused-ring (bicyclic) bond motifs is 2. The van der Waals surface area contributed by atoms with Crippen LogP contribution in [0.15, 0.2) is 69.2 Å². The first-order valence-corrected chi connectivity index (χ1v) is 10.4. The van der Waals surface area contributed by atoms with Crippen molar-refractivity contribution in [1.82, 2.24) is 19.9 Å². The van der Waals surface area contributed by atoms with Gasteiger partial charge in [0.2, 0.25) is 4.96 Å². The van der Waals surface area contributed by atoms with E-state index in [0.717, 1.165) is 5.69 Å². The highest BCUT2D eigenvalue weighted by molar-refractivity contribution is 7.15. The van der Waals surface area contributed by atoms with E-state index in [0.29, 0.717) is 33.7 Å². The van der Waals surface area contributed by atoms with Crippen LogP contribution in [0.25, 0.3) is 27.3 Å². The van der Waals surface area contributed by atoms with Crippen LogP contribution < -0.4 is 10.9 Å². The second kappa shape index (κ2) is 7.77. The van der Waals surface area contributed by atoms with E-state index in [2.05, 4.69) is 15.4 Å². The standard InChI is InChI=1S/C22H15FN4O3S/c23-17-7-3-2-6-15(17)19-25-22-27(26-19)14(12-31-22)9-10-24-20(28)16-11-13-5-1-4-8-18(13)30-21(16)29/h1-8,11-12H,9-10H2,(H,24,28). The van der Waals surface area contributed by atoms with E-state index in [1.54, 1.807) is 47.0 Å². The van der Waals surface area contributed by atoms with Gasteiger partial charge in [0.1, 0.15) is 17.0 Å². The Morgan fingerprint density at radius 3 is 2.84 bits per heavy atom. The van der Waals surface area contributed by atoms with Crippen molar-refractivity contribution in [3.8, 4) is 11.4 Å². The zero-order chi connectivity index (χ0) is 21.4. The third-order valence-electron chi connectivity index (χ3n) is 4.82. The maximum Gasteiger partial charge on any atom is 0.349 e. The SMILES string of the molecule is O=C(NCCc1csc2nc(-c3ccccc3F)nn12)c1cc2ccccc2oc1=O. The van der Waals surface area contributed by atoms with Crippen LogP contribution in [0, 0.1) is 5.82 Å². The van der Waals surface area contributed by atoms with Crippen LogP contribution in [0.3, 0.4) is 0 Å². The van der Waals surface area contributed by atoms with Crippen LogP contribution >= 0.6 is 11.3 Å². The lowest BCUT2D eigenvalue weighted by Gasteiger charge is -2.05. The molecule has 1 amide bonds. The Kier molecular flexibility index (Phi) is 4.79. The van der Waals surface area contributed by atoms with Gasteiger partial charge in [0.05, 0.1) is 11.3 Å². The Morgan fingerprint density at radius 1 is 1.16 bits per heavy atom. The molecule has 0 bridgehead atoms. The molecule has 2 aromatic carbocycles. The predicted octanol–water partition coefficient (Wildman–Crippen LogP) is 3.68. The van der Waals surface area contributed by atoms with E-state index in [4.69, 9.17) is 4.42 Å². The molecule has 0 aliphatic rings. The summed E-state index contributed by atoms with van der Waals surface area (Å²) in [6, 6.07) is 14.9. The normalized spacial score (nSPS) is 11.3. The number of para-hydroxylation sites is 1. The average molecular weight is 434 g/mol. The summed E-state index contributed by atoms with van der Waals surface area (Å²) in [7, 11) is 0. The Hall–Kier alpha value is -3.85. The van der Waals surface area contributed by atoms with Crippen LogP contribution in [0.2, 0.25) is 0 Å². The van der Waals surface area contributed by atoms with Crippen molar-refractivity contribution in [1.29, 1.82) is 0 Å². The van der Waals surface area contributed by atoms with Crippen molar-refractivity contribution in [3.05, 3.63) is 87.5 Å². The van der Waals surface area contributed by atoms with Gasteiger partial charge in [-0.3, -0.25) is 4.79 Å². The first kappa shape index (κ1) is 19.1. The summed E-state index contributed by atoms with van der Waals surface area (Å²) in [5, 5.41) is 9.71. The molecule has 5 aromatic rings. The van der Waals surface area contributed by atoms with E-state index in [-0.39, 0.29) is 17.9 Å². The first-order chi connectivity index (χ1) is 15.1. The van der Waals surface area contributed by atoms with Gasteiger partial charge in [-0.15, -0.1) is 16.4 Å². The number of benzene rings is 2. The molecule has 0 spiro atoms. The van der Waals surface area contributed by atoms with Crippen molar-refractivity contribution in [2.45, 2.75) is 6.42 Å². The van der Waals surface area contributed by atoms with Crippen LogP contribution in [0.5, 0.6) is 0 Å². The third-order valence-corrected chi connectivity index (χ3v) is 5.68. The van der Waals surface area contributed by atoms with Crippen molar-refractivity contribution < 1.29 is 13.6 Å². The van der Waals surface area contributed by atoms with Gasteiger partial charge in [-0.1, -0.05) is 30.3 Å². The molecule has 3 aromatic heterocycles. The number of amides is 1. The summed E-state index contributed by atoms with van der Waals surface area (Å²) in [5.74, 6) is -0.579. The Bertz CT molecular complexity index is 1490. The van der Waals surface area contributed by atoms with Gasteiger partial charge >= 0.3 is 5.63 Å². The van der Waals surface area contributed by atoms with Gasteiger partial charge < -0.3 is 9.73 Å². The second-order valence-electron chi connectivity index (χ2n) is 6.83. The van der Waals surface area contributed by atoms with Gasteiger partial charge in [0.25, 0.3) is 5.91 Å². The molecule has 0 saturated carbocycles. The number of hydrogen-bond acceptors (Lipinski definition) is 6. The molecular formula is C22H15FN4O3S. The van der Waals surface area contributed by atoms with E-state index in [9.17, 15) is 14.0 Å². The monoisotopic (exact) mass is 434 g/mol. The molecule has 31 heavy (non-hydrogen) atoms. The van der Waals surface area contributed by atoms with Gasteiger partial charge in [-0.2, -0.15) is 4.98 Å². The van der Waals surface area contributed by atoms with E-state index in [1.807, 2.05) is 5.38 Å². The van der Waals surface area contributed by atoms with Crippen LogP contribution in [0.4, 0.5) is 4.39 Å². The highest BCUT2D eigenvalue weighted by atomic mass is 32.1. The summed E-state index contributed by atoms with van der Waals surface area (Å²) in [5.41, 5.74) is 0.861. The van der Waals surface area contributed by atoms with Crippen molar-refractivity contribution in [2.75, 3.05) is 6.54 Å². The number of carbonyl (C=O) groups excluding carboxylic acids is 1. The number of nitrogens with one attached hydrogen (secondary N) is 1.